The number of halogens is 2. The van der Waals surface area contributed by atoms with Crippen LogP contribution in [0.15, 0.2) is 24.3 Å². The fourth-order valence-corrected chi connectivity index (χ4v) is 1.18. The van der Waals surface area contributed by atoms with Gasteiger partial charge in [-0.15, -0.1) is 0 Å². The Morgan fingerprint density at radius 2 is 2.08 bits per heavy atom. The van der Waals surface area contributed by atoms with E-state index < -0.39 is 12.8 Å². The molecule has 12 heavy (non-hydrogen) atoms. The van der Waals surface area contributed by atoms with Crippen molar-refractivity contribution in [3.05, 3.63) is 34.9 Å². The number of alkyl halides is 1. The van der Waals surface area contributed by atoms with Crippen molar-refractivity contribution in [1.29, 1.82) is 0 Å². The van der Waals surface area contributed by atoms with Crippen molar-refractivity contribution in [2.45, 2.75) is 12.6 Å². The van der Waals surface area contributed by atoms with E-state index in [2.05, 4.69) is 0 Å². The van der Waals surface area contributed by atoms with Gasteiger partial charge in [-0.25, -0.2) is 4.39 Å². The molecule has 1 rings (SSSR count). The van der Waals surface area contributed by atoms with Crippen molar-refractivity contribution in [2.75, 3.05) is 6.61 Å². The minimum atomic E-state index is -1.22. The molecule has 1 nitrogen and oxygen atoms in total. The van der Waals surface area contributed by atoms with Crippen LogP contribution in [0.1, 0.15) is 5.56 Å². The normalized spacial score (nSPS) is 12.9. The lowest BCUT2D eigenvalue weighted by molar-refractivity contribution is 0.177. The van der Waals surface area contributed by atoms with Gasteiger partial charge in [0.1, 0.15) is 6.17 Å². The monoisotopic (exact) mass is 188 g/mol. The van der Waals surface area contributed by atoms with E-state index in [1.165, 1.54) is 0 Å². The lowest BCUT2D eigenvalue weighted by atomic mass is 10.1. The van der Waals surface area contributed by atoms with E-state index in [-0.39, 0.29) is 6.42 Å². The second kappa shape index (κ2) is 4.43. The van der Waals surface area contributed by atoms with E-state index in [1.54, 1.807) is 24.3 Å². The summed E-state index contributed by atoms with van der Waals surface area (Å²) in [6, 6.07) is 7.05. The molecule has 0 saturated heterocycles. The second-order valence-electron chi connectivity index (χ2n) is 2.58. The molecule has 0 amide bonds. The van der Waals surface area contributed by atoms with Gasteiger partial charge in [0.2, 0.25) is 0 Å². The first-order valence-electron chi connectivity index (χ1n) is 3.72. The highest BCUT2D eigenvalue weighted by molar-refractivity contribution is 6.31. The van der Waals surface area contributed by atoms with Gasteiger partial charge < -0.3 is 5.11 Å². The van der Waals surface area contributed by atoms with Crippen LogP contribution >= 0.6 is 11.6 Å². The second-order valence-corrected chi connectivity index (χ2v) is 2.98. The molecule has 0 unspecified atom stereocenters. The molecule has 0 aliphatic heterocycles. The third kappa shape index (κ3) is 2.47. The number of benzene rings is 1. The molecular weight excluding hydrogens is 179 g/mol. The van der Waals surface area contributed by atoms with Crippen molar-refractivity contribution in [3.8, 4) is 0 Å². The van der Waals surface area contributed by atoms with Crippen LogP contribution < -0.4 is 0 Å². The molecule has 0 radical (unpaired) electrons. The molecule has 0 aliphatic carbocycles. The number of hydrogen-bond donors (Lipinski definition) is 1. The minimum absolute atomic E-state index is 0.177. The maximum atomic E-state index is 12.7. The lowest BCUT2D eigenvalue weighted by Crippen LogP contribution is -2.09. The van der Waals surface area contributed by atoms with E-state index in [0.29, 0.717) is 5.02 Å². The van der Waals surface area contributed by atoms with Gasteiger partial charge >= 0.3 is 0 Å². The van der Waals surface area contributed by atoms with Gasteiger partial charge in [0.25, 0.3) is 0 Å². The minimum Gasteiger partial charge on any atom is -0.393 e. The molecule has 0 fully saturated rings. The van der Waals surface area contributed by atoms with Crippen LogP contribution in [-0.4, -0.2) is 17.9 Å². The fraction of sp³-hybridized carbons (Fsp3) is 0.333. The molecule has 0 spiro atoms. The smallest absolute Gasteiger partial charge is 0.127 e. The Morgan fingerprint density at radius 3 is 2.67 bits per heavy atom. The molecule has 1 aromatic rings. The molecule has 1 atom stereocenters. The molecule has 0 aromatic heterocycles. The Labute approximate surface area is 75.8 Å². The van der Waals surface area contributed by atoms with E-state index in [1.807, 2.05) is 0 Å². The third-order valence-electron chi connectivity index (χ3n) is 1.60. The summed E-state index contributed by atoms with van der Waals surface area (Å²) in [6.45, 7) is -0.453. The van der Waals surface area contributed by atoms with Crippen LogP contribution in [0.3, 0.4) is 0 Å². The Balaban J connectivity index is 2.69. The first kappa shape index (κ1) is 9.49. The van der Waals surface area contributed by atoms with Gasteiger partial charge in [0, 0.05) is 11.4 Å². The summed E-state index contributed by atoms with van der Waals surface area (Å²) in [4.78, 5) is 0. The first-order valence-corrected chi connectivity index (χ1v) is 4.10. The number of hydrogen-bond acceptors (Lipinski definition) is 1. The lowest BCUT2D eigenvalue weighted by Gasteiger charge is -2.05. The van der Waals surface area contributed by atoms with Crippen molar-refractivity contribution >= 4 is 11.6 Å². The fourth-order valence-electron chi connectivity index (χ4n) is 0.967. The Morgan fingerprint density at radius 1 is 1.42 bits per heavy atom. The summed E-state index contributed by atoms with van der Waals surface area (Å²) in [5.74, 6) is 0. The first-order chi connectivity index (χ1) is 5.74. The number of aliphatic hydroxyl groups is 1. The zero-order chi connectivity index (χ0) is 8.97. The van der Waals surface area contributed by atoms with Gasteiger partial charge in [0.05, 0.1) is 6.61 Å². The maximum absolute atomic E-state index is 12.7. The predicted molar refractivity (Wildman–Crippen MR) is 47.1 cm³/mol. The van der Waals surface area contributed by atoms with Crippen LogP contribution in [0.25, 0.3) is 0 Å². The molecule has 1 aromatic carbocycles. The van der Waals surface area contributed by atoms with Gasteiger partial charge in [-0.2, -0.15) is 0 Å². The van der Waals surface area contributed by atoms with Crippen molar-refractivity contribution in [1.82, 2.24) is 0 Å². The van der Waals surface area contributed by atoms with E-state index in [0.717, 1.165) is 5.56 Å². The highest BCUT2D eigenvalue weighted by Gasteiger charge is 2.07. The van der Waals surface area contributed by atoms with E-state index in [4.69, 9.17) is 16.7 Å². The van der Waals surface area contributed by atoms with Gasteiger partial charge in [-0.05, 0) is 11.6 Å². The molecule has 0 saturated carbocycles. The summed E-state index contributed by atoms with van der Waals surface area (Å²) in [5, 5.41) is 9.02. The van der Waals surface area contributed by atoms with Gasteiger partial charge in [-0.3, -0.25) is 0 Å². The molecule has 1 N–H and O–H groups in total. The molecule has 0 heterocycles. The summed E-state index contributed by atoms with van der Waals surface area (Å²) in [7, 11) is 0. The van der Waals surface area contributed by atoms with Crippen LogP contribution in [0, 0.1) is 0 Å². The molecule has 0 bridgehead atoms. The maximum Gasteiger partial charge on any atom is 0.127 e. The van der Waals surface area contributed by atoms with Crippen LogP contribution in [0.5, 0.6) is 0 Å². The quantitative estimate of drug-likeness (QED) is 0.771. The summed E-state index contributed by atoms with van der Waals surface area (Å²) in [6.07, 6.45) is -1.04. The highest BCUT2D eigenvalue weighted by Crippen LogP contribution is 2.17. The van der Waals surface area contributed by atoms with Crippen molar-refractivity contribution < 1.29 is 9.50 Å². The Hall–Kier alpha value is -0.600. The third-order valence-corrected chi connectivity index (χ3v) is 1.97. The number of rotatable bonds is 3. The molecule has 3 heteroatoms. The predicted octanol–water partition coefficient (Wildman–Crippen LogP) is 2.21. The SMILES string of the molecule is OC[C@H](F)Cc1ccccc1Cl. The zero-order valence-corrected chi connectivity index (χ0v) is 7.26. The zero-order valence-electron chi connectivity index (χ0n) is 6.50. The summed E-state index contributed by atoms with van der Waals surface area (Å²) < 4.78 is 12.7. The van der Waals surface area contributed by atoms with Crippen molar-refractivity contribution in [2.24, 2.45) is 0 Å². The van der Waals surface area contributed by atoms with Crippen molar-refractivity contribution in [3.63, 3.8) is 0 Å². The Bertz CT molecular complexity index is 252. The van der Waals surface area contributed by atoms with Crippen LogP contribution in [0.2, 0.25) is 5.02 Å². The molecular formula is C9H10ClFO. The van der Waals surface area contributed by atoms with Gasteiger partial charge in [-0.1, -0.05) is 29.8 Å². The van der Waals surface area contributed by atoms with E-state index >= 15 is 0 Å². The Kier molecular flexibility index (Phi) is 3.50. The van der Waals surface area contributed by atoms with Crippen LogP contribution in [0.4, 0.5) is 4.39 Å². The highest BCUT2D eigenvalue weighted by atomic mass is 35.5. The van der Waals surface area contributed by atoms with Crippen LogP contribution in [-0.2, 0) is 6.42 Å². The molecule has 66 valence electrons. The summed E-state index contributed by atoms with van der Waals surface area (Å²) in [5.41, 5.74) is 0.737. The number of aliphatic hydroxyl groups excluding tert-OH is 1. The largest absolute Gasteiger partial charge is 0.393 e. The van der Waals surface area contributed by atoms with E-state index in [9.17, 15) is 4.39 Å². The molecule has 0 aliphatic rings. The topological polar surface area (TPSA) is 20.2 Å². The average molecular weight is 189 g/mol. The summed E-state index contributed by atoms with van der Waals surface area (Å²) >= 11 is 5.78. The standard InChI is InChI=1S/C9H10ClFO/c10-9-4-2-1-3-7(9)5-8(11)6-12/h1-4,8,12H,5-6H2/t8-/m1/s1. The van der Waals surface area contributed by atoms with Gasteiger partial charge in [0.15, 0.2) is 0 Å². The average Bonchev–Trinajstić information content (AvgIpc) is 2.09.